The second-order valence-electron chi connectivity index (χ2n) is 7.29. The zero-order valence-corrected chi connectivity index (χ0v) is 17.6. The number of hydrogen-bond acceptors (Lipinski definition) is 6. The number of carbonyl (C=O) groups excluding carboxylic acids is 1. The SMILES string of the molecule is COc1ccc(-c2cc(C(=O)Nc3cccc(C#N)c3)nn2C2CCS(=O)(=O)C2)cc1. The van der Waals surface area contributed by atoms with Gasteiger partial charge < -0.3 is 10.1 Å². The number of aromatic nitrogens is 2. The summed E-state index contributed by atoms with van der Waals surface area (Å²) in [5.74, 6) is 0.337. The second kappa shape index (κ2) is 8.24. The van der Waals surface area contributed by atoms with Gasteiger partial charge in [-0.25, -0.2) is 8.42 Å². The molecule has 1 unspecified atom stereocenters. The summed E-state index contributed by atoms with van der Waals surface area (Å²) in [5.41, 5.74) is 2.52. The van der Waals surface area contributed by atoms with Crippen molar-refractivity contribution in [1.82, 2.24) is 9.78 Å². The molecule has 1 aliphatic heterocycles. The topological polar surface area (TPSA) is 114 Å². The number of carbonyl (C=O) groups is 1. The molecule has 1 saturated heterocycles. The normalized spacial score (nSPS) is 17.1. The maximum absolute atomic E-state index is 12.8. The smallest absolute Gasteiger partial charge is 0.276 e. The van der Waals surface area contributed by atoms with Crippen LogP contribution in [0.25, 0.3) is 11.3 Å². The second-order valence-corrected chi connectivity index (χ2v) is 9.52. The van der Waals surface area contributed by atoms with E-state index in [1.54, 1.807) is 54.3 Å². The predicted octanol–water partition coefficient (Wildman–Crippen LogP) is 3.04. The number of anilines is 1. The summed E-state index contributed by atoms with van der Waals surface area (Å²) in [7, 11) is -1.56. The van der Waals surface area contributed by atoms with Crippen LogP contribution in [-0.4, -0.2) is 42.7 Å². The molecule has 8 nitrogen and oxygen atoms in total. The maximum atomic E-state index is 12.8. The van der Waals surface area contributed by atoms with Crippen molar-refractivity contribution in [2.24, 2.45) is 0 Å². The van der Waals surface area contributed by atoms with Crippen molar-refractivity contribution in [2.75, 3.05) is 23.9 Å². The van der Waals surface area contributed by atoms with E-state index < -0.39 is 15.7 Å². The lowest BCUT2D eigenvalue weighted by Gasteiger charge is -2.13. The number of sulfone groups is 1. The first kappa shape index (κ1) is 20.6. The van der Waals surface area contributed by atoms with Crippen molar-refractivity contribution in [3.63, 3.8) is 0 Å². The number of methoxy groups -OCH3 is 1. The van der Waals surface area contributed by atoms with Crippen LogP contribution < -0.4 is 10.1 Å². The Balaban J connectivity index is 1.70. The summed E-state index contributed by atoms with van der Waals surface area (Å²) in [6.45, 7) is 0. The number of rotatable bonds is 5. The third-order valence-corrected chi connectivity index (χ3v) is 6.91. The Labute approximate surface area is 180 Å². The van der Waals surface area contributed by atoms with Crippen LogP contribution in [0.5, 0.6) is 5.75 Å². The molecular weight excluding hydrogens is 416 g/mol. The van der Waals surface area contributed by atoms with Gasteiger partial charge in [0, 0.05) is 11.3 Å². The fraction of sp³-hybridized carbons (Fsp3) is 0.227. The number of nitrogens with zero attached hydrogens (tertiary/aromatic N) is 3. The van der Waals surface area contributed by atoms with Gasteiger partial charge >= 0.3 is 0 Å². The fourth-order valence-electron chi connectivity index (χ4n) is 3.59. The van der Waals surface area contributed by atoms with Crippen molar-refractivity contribution in [3.05, 3.63) is 65.9 Å². The molecule has 1 fully saturated rings. The largest absolute Gasteiger partial charge is 0.497 e. The summed E-state index contributed by atoms with van der Waals surface area (Å²) in [6, 6.07) is 17.2. The van der Waals surface area contributed by atoms with E-state index in [1.165, 1.54) is 0 Å². The Morgan fingerprint density at radius 3 is 2.65 bits per heavy atom. The lowest BCUT2D eigenvalue weighted by Crippen LogP contribution is -2.16. The molecule has 4 rings (SSSR count). The molecule has 0 bridgehead atoms. The summed E-state index contributed by atoms with van der Waals surface area (Å²) < 4.78 is 30.9. The monoisotopic (exact) mass is 436 g/mol. The highest BCUT2D eigenvalue weighted by atomic mass is 32.2. The minimum absolute atomic E-state index is 0.0108. The van der Waals surface area contributed by atoms with E-state index in [4.69, 9.17) is 10.00 Å². The van der Waals surface area contributed by atoms with Crippen LogP contribution in [0.4, 0.5) is 5.69 Å². The Hall–Kier alpha value is -3.64. The fourth-order valence-corrected chi connectivity index (χ4v) is 5.28. The number of nitrogens with one attached hydrogen (secondary N) is 1. The molecule has 158 valence electrons. The molecule has 1 aromatic heterocycles. The summed E-state index contributed by atoms with van der Waals surface area (Å²) in [4.78, 5) is 12.8. The quantitative estimate of drug-likeness (QED) is 0.658. The molecule has 0 radical (unpaired) electrons. The van der Waals surface area contributed by atoms with Crippen LogP contribution in [0.15, 0.2) is 54.6 Å². The van der Waals surface area contributed by atoms with E-state index in [2.05, 4.69) is 10.4 Å². The van der Waals surface area contributed by atoms with Gasteiger partial charge in [0.2, 0.25) is 0 Å². The van der Waals surface area contributed by atoms with Crippen molar-refractivity contribution < 1.29 is 17.9 Å². The average molecular weight is 436 g/mol. The molecule has 1 N–H and O–H groups in total. The molecule has 0 saturated carbocycles. The van der Waals surface area contributed by atoms with Gasteiger partial charge in [-0.05, 0) is 55.0 Å². The van der Waals surface area contributed by atoms with Gasteiger partial charge in [-0.2, -0.15) is 10.4 Å². The zero-order valence-electron chi connectivity index (χ0n) is 16.8. The van der Waals surface area contributed by atoms with Gasteiger partial charge in [0.05, 0.1) is 42.0 Å². The lowest BCUT2D eigenvalue weighted by atomic mass is 10.1. The summed E-state index contributed by atoms with van der Waals surface area (Å²) >= 11 is 0. The van der Waals surface area contributed by atoms with Crippen LogP contribution >= 0.6 is 0 Å². The van der Waals surface area contributed by atoms with Gasteiger partial charge in [-0.1, -0.05) is 6.07 Å². The minimum Gasteiger partial charge on any atom is -0.497 e. The first-order chi connectivity index (χ1) is 14.9. The third-order valence-electron chi connectivity index (χ3n) is 5.16. The lowest BCUT2D eigenvalue weighted by molar-refractivity contribution is 0.102. The van der Waals surface area contributed by atoms with Crippen molar-refractivity contribution in [3.8, 4) is 23.1 Å². The molecular formula is C22H20N4O4S. The van der Waals surface area contributed by atoms with Crippen molar-refractivity contribution in [2.45, 2.75) is 12.5 Å². The highest BCUT2D eigenvalue weighted by molar-refractivity contribution is 7.91. The van der Waals surface area contributed by atoms with E-state index in [0.717, 1.165) is 5.56 Å². The average Bonchev–Trinajstić information content (AvgIpc) is 3.37. The Bertz CT molecular complexity index is 1270. The molecule has 1 amide bonds. The third kappa shape index (κ3) is 4.44. The standard InChI is InChI=1S/C22H20N4O4S/c1-30-19-7-5-16(6-8-19)21-12-20(25-26(21)18-9-10-31(28,29)14-18)22(27)24-17-4-2-3-15(11-17)13-23/h2-8,11-12,18H,9-10,14H2,1H3,(H,24,27). The number of benzene rings is 2. The first-order valence-corrected chi connectivity index (χ1v) is 11.5. The van der Waals surface area contributed by atoms with Gasteiger partial charge in [0.15, 0.2) is 15.5 Å². The van der Waals surface area contributed by atoms with Gasteiger partial charge in [-0.15, -0.1) is 0 Å². The Morgan fingerprint density at radius 1 is 1.23 bits per heavy atom. The molecule has 1 aliphatic rings. The Kier molecular flexibility index (Phi) is 5.48. The van der Waals surface area contributed by atoms with E-state index in [-0.39, 0.29) is 23.2 Å². The predicted molar refractivity (Wildman–Crippen MR) is 116 cm³/mol. The van der Waals surface area contributed by atoms with E-state index in [9.17, 15) is 13.2 Å². The number of nitriles is 1. The molecule has 2 heterocycles. The van der Waals surface area contributed by atoms with Crippen LogP contribution in [-0.2, 0) is 9.84 Å². The van der Waals surface area contributed by atoms with Crippen LogP contribution in [0.1, 0.15) is 28.5 Å². The van der Waals surface area contributed by atoms with Gasteiger partial charge in [-0.3, -0.25) is 9.48 Å². The van der Waals surface area contributed by atoms with Crippen LogP contribution in [0, 0.1) is 11.3 Å². The zero-order chi connectivity index (χ0) is 22.0. The van der Waals surface area contributed by atoms with Gasteiger partial charge in [0.1, 0.15) is 5.75 Å². The van der Waals surface area contributed by atoms with Crippen molar-refractivity contribution in [1.29, 1.82) is 5.26 Å². The molecule has 1 atom stereocenters. The first-order valence-electron chi connectivity index (χ1n) is 9.64. The molecule has 3 aromatic rings. The Morgan fingerprint density at radius 2 is 2.00 bits per heavy atom. The number of ether oxygens (including phenoxy) is 1. The number of amides is 1. The molecule has 31 heavy (non-hydrogen) atoms. The summed E-state index contributed by atoms with van der Waals surface area (Å²) in [6.07, 6.45) is 0.443. The van der Waals surface area contributed by atoms with Crippen LogP contribution in [0.2, 0.25) is 0 Å². The minimum atomic E-state index is -3.13. The summed E-state index contributed by atoms with van der Waals surface area (Å²) in [5, 5.41) is 16.2. The van der Waals surface area contributed by atoms with Crippen LogP contribution in [0.3, 0.4) is 0 Å². The van der Waals surface area contributed by atoms with E-state index in [0.29, 0.717) is 29.1 Å². The molecule has 0 aliphatic carbocycles. The highest BCUT2D eigenvalue weighted by Crippen LogP contribution is 2.31. The molecule has 0 spiro atoms. The molecule has 2 aromatic carbocycles. The molecule has 9 heteroatoms. The van der Waals surface area contributed by atoms with E-state index >= 15 is 0 Å². The van der Waals surface area contributed by atoms with Gasteiger partial charge in [0.25, 0.3) is 5.91 Å². The van der Waals surface area contributed by atoms with Crippen molar-refractivity contribution >= 4 is 21.4 Å². The van der Waals surface area contributed by atoms with E-state index in [1.807, 2.05) is 18.2 Å². The maximum Gasteiger partial charge on any atom is 0.276 e. The highest BCUT2D eigenvalue weighted by Gasteiger charge is 2.32. The number of hydrogen-bond donors (Lipinski definition) is 1.